The van der Waals surface area contributed by atoms with Crippen molar-refractivity contribution in [2.45, 2.75) is 44.8 Å². The zero-order valence-electron chi connectivity index (χ0n) is 20.7. The predicted octanol–water partition coefficient (Wildman–Crippen LogP) is 2.97. The first kappa shape index (κ1) is 24.9. The van der Waals surface area contributed by atoms with Crippen molar-refractivity contribution in [3.8, 4) is 5.69 Å². The van der Waals surface area contributed by atoms with E-state index in [0.29, 0.717) is 53.7 Å². The van der Waals surface area contributed by atoms with Crippen LogP contribution in [-0.4, -0.2) is 58.6 Å². The fraction of sp³-hybridized carbons (Fsp3) is 0.269. The highest BCUT2D eigenvalue weighted by Gasteiger charge is 2.43. The molecule has 0 unspecified atom stereocenters. The van der Waals surface area contributed by atoms with E-state index in [1.54, 1.807) is 29.2 Å². The Hall–Kier alpha value is -4.45. The quantitative estimate of drug-likeness (QED) is 0.406. The van der Waals surface area contributed by atoms with Crippen LogP contribution in [0.15, 0.2) is 53.9 Å². The van der Waals surface area contributed by atoms with E-state index < -0.39 is 17.8 Å². The van der Waals surface area contributed by atoms with Crippen molar-refractivity contribution in [1.82, 2.24) is 34.7 Å². The van der Waals surface area contributed by atoms with Gasteiger partial charge in [0.25, 0.3) is 5.56 Å². The number of benzene rings is 2. The fourth-order valence-electron chi connectivity index (χ4n) is 5.38. The molecule has 11 nitrogen and oxygen atoms in total. The second kappa shape index (κ2) is 9.70. The third-order valence-corrected chi connectivity index (χ3v) is 7.53. The molecule has 0 spiro atoms. The first-order chi connectivity index (χ1) is 18.9. The number of anilines is 1. The van der Waals surface area contributed by atoms with Crippen LogP contribution in [-0.2, 0) is 16.1 Å². The zero-order valence-corrected chi connectivity index (χ0v) is 21.5. The summed E-state index contributed by atoms with van der Waals surface area (Å²) in [5.74, 6) is -1.42. The summed E-state index contributed by atoms with van der Waals surface area (Å²) < 4.78 is 18.1. The van der Waals surface area contributed by atoms with E-state index in [2.05, 4.69) is 25.8 Å². The number of tetrazole rings is 1. The number of aryl methyl sites for hydroxylation is 1. The normalized spacial score (nSPS) is 18.8. The summed E-state index contributed by atoms with van der Waals surface area (Å²) in [6, 6.07) is 6.94. The number of fused-ring (bicyclic) bond motifs is 2. The molecule has 4 aromatic rings. The molecule has 2 atom stereocenters. The van der Waals surface area contributed by atoms with Gasteiger partial charge in [0.2, 0.25) is 11.8 Å². The number of nitrogens with one attached hydrogen (secondary N) is 1. The molecular formula is C26H22ClFN8O3. The number of carbonyl (C=O) groups excluding carboxylic acids is 2. The van der Waals surface area contributed by atoms with Crippen molar-refractivity contribution in [2.24, 2.45) is 0 Å². The monoisotopic (exact) mass is 548 g/mol. The molecule has 0 radical (unpaired) electrons. The molecule has 0 bridgehead atoms. The Morgan fingerprint density at radius 3 is 2.79 bits per heavy atom. The second-order valence-electron chi connectivity index (χ2n) is 9.43. The highest BCUT2D eigenvalue weighted by atomic mass is 35.5. The Morgan fingerprint density at radius 1 is 1.18 bits per heavy atom. The number of hydrogen-bond acceptors (Lipinski definition) is 7. The highest BCUT2D eigenvalue weighted by molar-refractivity contribution is 6.31. The van der Waals surface area contributed by atoms with Crippen molar-refractivity contribution in [3.63, 3.8) is 0 Å². The van der Waals surface area contributed by atoms with Crippen molar-refractivity contribution >= 4 is 45.6 Å². The molecule has 1 N–H and O–H groups in total. The summed E-state index contributed by atoms with van der Waals surface area (Å²) >= 11 is 6.08. The molecule has 1 saturated heterocycles. The highest BCUT2D eigenvalue weighted by Crippen LogP contribution is 2.40. The third kappa shape index (κ3) is 4.26. The summed E-state index contributed by atoms with van der Waals surface area (Å²) in [6.45, 7) is 2.32. The number of carbonyl (C=O) groups is 2. The minimum atomic E-state index is -0.708. The van der Waals surface area contributed by atoms with Crippen LogP contribution in [0.25, 0.3) is 22.2 Å². The lowest BCUT2D eigenvalue weighted by molar-refractivity contribution is -0.135. The van der Waals surface area contributed by atoms with Crippen molar-refractivity contribution in [2.75, 3.05) is 5.32 Å². The largest absolute Gasteiger partial charge is 0.324 e. The van der Waals surface area contributed by atoms with E-state index in [1.807, 2.05) is 6.92 Å². The Bertz CT molecular complexity index is 1720. The standard InChI is InChI=1S/C26H22ClFN8O3/c1-2-34-12-29-19-6-3-15(11-17(19)26(34)39)31-25(38)21-7-4-16-9-14(10-22(37)36(16)21)23-20(35-13-30-32-33-35)8-5-18(27)24(23)28/h3,5-6,8,10-13,16,21H,2,4,7,9H2,1H3,(H,31,38)/t16-,21+/m1/s1. The van der Waals surface area contributed by atoms with Gasteiger partial charge in [0.05, 0.1) is 27.9 Å². The zero-order chi connectivity index (χ0) is 27.3. The topological polar surface area (TPSA) is 128 Å². The number of hydrogen-bond donors (Lipinski definition) is 1. The van der Waals surface area contributed by atoms with E-state index in [1.165, 1.54) is 34.0 Å². The lowest BCUT2D eigenvalue weighted by atomic mass is 9.92. The van der Waals surface area contributed by atoms with Crippen LogP contribution in [0.2, 0.25) is 5.02 Å². The van der Waals surface area contributed by atoms with Crippen molar-refractivity contribution < 1.29 is 14.0 Å². The number of amides is 2. The minimum Gasteiger partial charge on any atom is -0.324 e. The maximum atomic E-state index is 15.3. The molecule has 2 aromatic carbocycles. The van der Waals surface area contributed by atoms with Crippen LogP contribution >= 0.6 is 11.6 Å². The van der Waals surface area contributed by atoms with E-state index >= 15 is 4.39 Å². The van der Waals surface area contributed by atoms with Crippen LogP contribution in [0, 0.1) is 5.82 Å². The number of nitrogens with zero attached hydrogens (tertiary/aromatic N) is 7. The van der Waals surface area contributed by atoms with Gasteiger partial charge in [0.15, 0.2) is 5.82 Å². The SMILES string of the molecule is CCn1cnc2ccc(NC(=O)[C@@H]3CC[C@@H]4CC(c5c(-n6cnnn6)ccc(Cl)c5F)=CC(=O)N43)cc2c1=O. The molecule has 1 fully saturated rings. The first-order valence-electron chi connectivity index (χ1n) is 12.4. The van der Waals surface area contributed by atoms with Gasteiger partial charge in [-0.1, -0.05) is 11.6 Å². The predicted molar refractivity (Wildman–Crippen MR) is 141 cm³/mol. The average Bonchev–Trinajstić information content (AvgIpc) is 3.61. The second-order valence-corrected chi connectivity index (χ2v) is 9.84. The minimum absolute atomic E-state index is 0.0856. The Kier molecular flexibility index (Phi) is 6.18. The summed E-state index contributed by atoms with van der Waals surface area (Å²) in [6.07, 6.45) is 5.51. The van der Waals surface area contributed by atoms with E-state index in [-0.39, 0.29) is 28.1 Å². The van der Waals surface area contributed by atoms with Crippen LogP contribution in [0.1, 0.15) is 31.7 Å². The molecule has 2 aliphatic heterocycles. The summed E-state index contributed by atoms with van der Waals surface area (Å²) in [5.41, 5.74) is 1.74. The van der Waals surface area contributed by atoms with E-state index in [9.17, 15) is 14.4 Å². The molecule has 6 rings (SSSR count). The maximum Gasteiger partial charge on any atom is 0.261 e. The molecule has 2 aromatic heterocycles. The van der Waals surface area contributed by atoms with Gasteiger partial charge in [-0.2, -0.15) is 4.68 Å². The molecule has 39 heavy (non-hydrogen) atoms. The number of rotatable bonds is 5. The van der Waals surface area contributed by atoms with Crippen molar-refractivity contribution in [3.05, 3.63) is 75.8 Å². The Labute approximate surface area is 225 Å². The third-order valence-electron chi connectivity index (χ3n) is 7.23. The van der Waals surface area contributed by atoms with Crippen LogP contribution in [0.5, 0.6) is 0 Å². The lowest BCUT2D eigenvalue weighted by Gasteiger charge is -2.33. The maximum absolute atomic E-state index is 15.3. The summed E-state index contributed by atoms with van der Waals surface area (Å²) in [7, 11) is 0. The smallest absolute Gasteiger partial charge is 0.261 e. The Morgan fingerprint density at radius 2 is 2.03 bits per heavy atom. The molecule has 0 saturated carbocycles. The lowest BCUT2D eigenvalue weighted by Crippen LogP contribution is -2.48. The van der Waals surface area contributed by atoms with Gasteiger partial charge in [0.1, 0.15) is 12.4 Å². The molecule has 0 aliphatic carbocycles. The van der Waals surface area contributed by atoms with Gasteiger partial charge < -0.3 is 10.2 Å². The van der Waals surface area contributed by atoms with Crippen molar-refractivity contribution in [1.29, 1.82) is 0 Å². The van der Waals surface area contributed by atoms with Gasteiger partial charge in [-0.3, -0.25) is 19.0 Å². The molecule has 4 heterocycles. The van der Waals surface area contributed by atoms with E-state index in [0.717, 1.165) is 0 Å². The van der Waals surface area contributed by atoms with Crippen LogP contribution in [0.4, 0.5) is 10.1 Å². The fourth-order valence-corrected chi connectivity index (χ4v) is 5.54. The van der Waals surface area contributed by atoms with Gasteiger partial charge in [-0.25, -0.2) is 9.37 Å². The van der Waals surface area contributed by atoms with E-state index in [4.69, 9.17) is 11.6 Å². The number of halogens is 2. The van der Waals surface area contributed by atoms with Gasteiger partial charge in [0, 0.05) is 29.9 Å². The van der Waals surface area contributed by atoms with Crippen LogP contribution < -0.4 is 10.9 Å². The van der Waals surface area contributed by atoms with Gasteiger partial charge >= 0.3 is 0 Å². The summed E-state index contributed by atoms with van der Waals surface area (Å²) in [5, 5.41) is 14.2. The first-order valence-corrected chi connectivity index (χ1v) is 12.8. The molecular weight excluding hydrogens is 527 g/mol. The van der Waals surface area contributed by atoms with Gasteiger partial charge in [-0.05, 0) is 72.5 Å². The molecule has 2 aliphatic rings. The molecule has 198 valence electrons. The van der Waals surface area contributed by atoms with Crippen LogP contribution in [0.3, 0.4) is 0 Å². The Balaban J connectivity index is 1.27. The number of aromatic nitrogens is 6. The molecule has 13 heteroatoms. The molecule has 2 amide bonds. The summed E-state index contributed by atoms with van der Waals surface area (Å²) in [4.78, 5) is 45.1. The average molecular weight is 549 g/mol. The van der Waals surface area contributed by atoms with Gasteiger partial charge in [-0.15, -0.1) is 5.10 Å².